The molecule has 0 fully saturated rings. The number of rotatable bonds is 3. The number of nitrogens with zero attached hydrogens (tertiary/aromatic N) is 2. The van der Waals surface area contributed by atoms with Gasteiger partial charge in [-0.25, -0.2) is 17.7 Å². The number of hydrogen-bond donors (Lipinski definition) is 1. The van der Waals surface area contributed by atoms with Crippen molar-refractivity contribution in [3.63, 3.8) is 0 Å². The number of aromatic amines is 1. The Bertz CT molecular complexity index is 873. The van der Waals surface area contributed by atoms with Crippen LogP contribution in [-0.2, 0) is 22.0 Å². The fourth-order valence-electron chi connectivity index (χ4n) is 1.73. The van der Waals surface area contributed by atoms with Gasteiger partial charge in [-0.3, -0.25) is 4.79 Å². The molecule has 0 unspecified atom stereocenters. The summed E-state index contributed by atoms with van der Waals surface area (Å²) in [5, 5.41) is -0.0426. The summed E-state index contributed by atoms with van der Waals surface area (Å²) >= 11 is 0. The van der Waals surface area contributed by atoms with E-state index in [1.54, 1.807) is 0 Å². The Morgan fingerprint density at radius 1 is 1.27 bits per heavy atom. The quantitative estimate of drug-likeness (QED) is 0.917. The zero-order valence-corrected chi connectivity index (χ0v) is 12.4. The number of hydrogen-bond acceptors (Lipinski definition) is 4. The minimum Gasteiger partial charge on any atom is -0.309 e. The van der Waals surface area contributed by atoms with Crippen molar-refractivity contribution in [1.82, 2.24) is 14.3 Å². The number of benzene rings is 1. The van der Waals surface area contributed by atoms with E-state index in [1.807, 2.05) is 0 Å². The van der Waals surface area contributed by atoms with Gasteiger partial charge in [0.25, 0.3) is 5.56 Å². The predicted molar refractivity (Wildman–Crippen MR) is 73.7 cm³/mol. The van der Waals surface area contributed by atoms with Gasteiger partial charge in [-0.15, -0.1) is 0 Å². The number of sulfonamides is 1. The lowest BCUT2D eigenvalue weighted by Gasteiger charge is -2.11. The Hall–Kier alpha value is -1.94. The van der Waals surface area contributed by atoms with Crippen molar-refractivity contribution < 1.29 is 21.6 Å². The highest BCUT2D eigenvalue weighted by atomic mass is 32.2. The lowest BCUT2D eigenvalue weighted by Crippen LogP contribution is -2.26. The van der Waals surface area contributed by atoms with E-state index in [9.17, 15) is 26.4 Å². The molecule has 0 aliphatic heterocycles. The molecule has 0 amide bonds. The molecule has 1 aromatic carbocycles. The maximum Gasteiger partial charge on any atom is 0.416 e. The van der Waals surface area contributed by atoms with Crippen LogP contribution in [0.15, 0.2) is 23.0 Å². The summed E-state index contributed by atoms with van der Waals surface area (Å²) in [6.45, 7) is 0. The SMILES string of the molecule is CN(C)S(=O)(=O)Cc1nc2cc(C(F)(F)F)ccc2c(=O)[nH]1. The summed E-state index contributed by atoms with van der Waals surface area (Å²) in [4.78, 5) is 17.9. The molecule has 0 aliphatic carbocycles. The molecule has 0 bridgehead atoms. The third-order valence-corrected chi connectivity index (χ3v) is 4.71. The highest BCUT2D eigenvalue weighted by Gasteiger charge is 2.30. The molecule has 6 nitrogen and oxygen atoms in total. The van der Waals surface area contributed by atoms with Gasteiger partial charge >= 0.3 is 6.18 Å². The van der Waals surface area contributed by atoms with Crippen molar-refractivity contribution in [2.75, 3.05) is 14.1 Å². The van der Waals surface area contributed by atoms with Crippen molar-refractivity contribution in [3.8, 4) is 0 Å². The number of fused-ring (bicyclic) bond motifs is 1. The second-order valence-corrected chi connectivity index (χ2v) is 6.96. The van der Waals surface area contributed by atoms with Crippen molar-refractivity contribution in [3.05, 3.63) is 39.9 Å². The monoisotopic (exact) mass is 335 g/mol. The molecule has 0 aliphatic rings. The molecule has 10 heteroatoms. The maximum atomic E-state index is 12.7. The van der Waals surface area contributed by atoms with E-state index in [0.29, 0.717) is 0 Å². The Labute approximate surface area is 123 Å². The molecule has 2 aromatic rings. The number of alkyl halides is 3. The van der Waals surface area contributed by atoms with Crippen LogP contribution in [0.3, 0.4) is 0 Å². The van der Waals surface area contributed by atoms with E-state index in [2.05, 4.69) is 9.97 Å². The fourth-order valence-corrected chi connectivity index (χ4v) is 2.47. The van der Waals surface area contributed by atoms with Crippen LogP contribution in [0.4, 0.5) is 13.2 Å². The maximum absolute atomic E-state index is 12.7. The van der Waals surface area contributed by atoms with Crippen molar-refractivity contribution in [2.45, 2.75) is 11.9 Å². The van der Waals surface area contributed by atoms with E-state index >= 15 is 0 Å². The van der Waals surface area contributed by atoms with Crippen LogP contribution in [-0.4, -0.2) is 36.8 Å². The average Bonchev–Trinajstić information content (AvgIpc) is 2.36. The molecule has 0 saturated carbocycles. The molecule has 1 heterocycles. The number of H-pyrrole nitrogens is 1. The summed E-state index contributed by atoms with van der Waals surface area (Å²) in [6.07, 6.45) is -4.58. The molecule has 1 N–H and O–H groups in total. The van der Waals surface area contributed by atoms with Gasteiger partial charge in [-0.05, 0) is 18.2 Å². The van der Waals surface area contributed by atoms with E-state index < -0.39 is 33.1 Å². The van der Waals surface area contributed by atoms with Crippen molar-refractivity contribution in [2.24, 2.45) is 0 Å². The number of nitrogens with one attached hydrogen (secondary N) is 1. The fraction of sp³-hybridized carbons (Fsp3) is 0.333. The lowest BCUT2D eigenvalue weighted by molar-refractivity contribution is -0.137. The van der Waals surface area contributed by atoms with E-state index in [-0.39, 0.29) is 16.7 Å². The second kappa shape index (κ2) is 5.36. The first-order valence-electron chi connectivity index (χ1n) is 6.01. The van der Waals surface area contributed by atoms with Crippen molar-refractivity contribution in [1.29, 1.82) is 0 Å². The highest BCUT2D eigenvalue weighted by Crippen LogP contribution is 2.30. The van der Waals surface area contributed by atoms with Gasteiger partial charge in [0.1, 0.15) is 11.6 Å². The molecule has 0 saturated heterocycles. The molecule has 0 atom stereocenters. The predicted octanol–water partition coefficient (Wildman–Crippen LogP) is 1.33. The topological polar surface area (TPSA) is 83.1 Å². The first-order valence-corrected chi connectivity index (χ1v) is 7.62. The summed E-state index contributed by atoms with van der Waals surface area (Å²) in [6, 6.07) is 2.50. The smallest absolute Gasteiger partial charge is 0.309 e. The first-order chi connectivity index (χ1) is 10.0. The van der Waals surface area contributed by atoms with E-state index in [4.69, 9.17) is 0 Å². The van der Waals surface area contributed by atoms with Crippen molar-refractivity contribution >= 4 is 20.9 Å². The van der Waals surface area contributed by atoms with Crippen LogP contribution >= 0.6 is 0 Å². The molecule has 22 heavy (non-hydrogen) atoms. The molecule has 120 valence electrons. The summed E-state index contributed by atoms with van der Waals surface area (Å²) in [7, 11) is -1.09. The molecule has 1 aromatic heterocycles. The van der Waals surface area contributed by atoms with Crippen LogP contribution in [0, 0.1) is 0 Å². The minimum atomic E-state index is -4.58. The van der Waals surface area contributed by atoms with Crippen LogP contribution in [0.25, 0.3) is 10.9 Å². The summed E-state index contributed by atoms with van der Waals surface area (Å²) in [5.74, 6) is -0.827. The summed E-state index contributed by atoms with van der Waals surface area (Å²) < 4.78 is 62.5. The normalized spacial score (nSPS) is 13.0. The van der Waals surface area contributed by atoms with Gasteiger partial charge in [0.15, 0.2) is 0 Å². The van der Waals surface area contributed by atoms with E-state index in [0.717, 1.165) is 22.5 Å². The van der Waals surface area contributed by atoms with Gasteiger partial charge < -0.3 is 4.98 Å². The Morgan fingerprint density at radius 3 is 2.45 bits per heavy atom. The lowest BCUT2D eigenvalue weighted by atomic mass is 10.1. The minimum absolute atomic E-state index is 0.0426. The third kappa shape index (κ3) is 3.28. The van der Waals surface area contributed by atoms with Gasteiger partial charge in [0.2, 0.25) is 10.0 Å². The molecular formula is C12H12F3N3O3S. The van der Waals surface area contributed by atoms with Gasteiger partial charge in [0.05, 0.1) is 16.5 Å². The summed E-state index contributed by atoms with van der Waals surface area (Å²) in [5.41, 5.74) is -1.86. The first kappa shape index (κ1) is 16.4. The Balaban J connectivity index is 2.58. The number of halogens is 3. The largest absolute Gasteiger partial charge is 0.416 e. The van der Waals surface area contributed by atoms with Gasteiger partial charge in [-0.2, -0.15) is 13.2 Å². The third-order valence-electron chi connectivity index (χ3n) is 2.96. The van der Waals surface area contributed by atoms with Gasteiger partial charge in [-0.1, -0.05) is 0 Å². The molecular weight excluding hydrogens is 323 g/mol. The highest BCUT2D eigenvalue weighted by molar-refractivity contribution is 7.88. The molecule has 0 radical (unpaired) electrons. The molecule has 0 spiro atoms. The standard InChI is InChI=1S/C12H12F3N3O3S/c1-18(2)22(20,21)6-10-16-9-5-7(12(13,14)15)3-4-8(9)11(19)17-10/h3-5H,6H2,1-2H3,(H,16,17,19). The number of aromatic nitrogens is 2. The van der Waals surface area contributed by atoms with Crippen LogP contribution < -0.4 is 5.56 Å². The second-order valence-electron chi connectivity index (χ2n) is 4.78. The van der Waals surface area contributed by atoms with Crippen LogP contribution in [0.2, 0.25) is 0 Å². The Morgan fingerprint density at radius 2 is 1.91 bits per heavy atom. The molecule has 2 rings (SSSR count). The Kier molecular flexibility index (Phi) is 4.00. The van der Waals surface area contributed by atoms with E-state index in [1.165, 1.54) is 14.1 Å². The zero-order valence-electron chi connectivity index (χ0n) is 11.6. The van der Waals surface area contributed by atoms with Crippen LogP contribution in [0.5, 0.6) is 0 Å². The van der Waals surface area contributed by atoms with Gasteiger partial charge in [0, 0.05) is 14.1 Å². The van der Waals surface area contributed by atoms with Crippen LogP contribution in [0.1, 0.15) is 11.4 Å². The zero-order chi connectivity index (χ0) is 16.7. The average molecular weight is 335 g/mol.